The molecule has 18 heavy (non-hydrogen) atoms. The lowest BCUT2D eigenvalue weighted by atomic mass is 9.90. The minimum atomic E-state index is -0.448. The van der Waals surface area contributed by atoms with Gasteiger partial charge in [-0.25, -0.2) is 4.98 Å². The van der Waals surface area contributed by atoms with Gasteiger partial charge in [-0.2, -0.15) is 4.39 Å². The molecular formula is C13H17FN2O2. The van der Waals surface area contributed by atoms with Crippen LogP contribution in [-0.2, 0) is 9.47 Å². The Morgan fingerprint density at radius 1 is 1.22 bits per heavy atom. The number of halogens is 1. The molecule has 4 nitrogen and oxygen atoms in total. The van der Waals surface area contributed by atoms with Crippen molar-refractivity contribution in [3.8, 4) is 0 Å². The molecule has 3 rings (SSSR count). The molecule has 0 unspecified atom stereocenters. The highest BCUT2D eigenvalue weighted by Crippen LogP contribution is 2.36. The summed E-state index contributed by atoms with van der Waals surface area (Å²) in [7, 11) is 0. The van der Waals surface area contributed by atoms with E-state index in [1.54, 1.807) is 6.07 Å². The van der Waals surface area contributed by atoms with Crippen LogP contribution in [0, 0.1) is 5.95 Å². The number of nitrogens with one attached hydrogen (secondary N) is 1. The van der Waals surface area contributed by atoms with Gasteiger partial charge < -0.3 is 14.8 Å². The highest BCUT2D eigenvalue weighted by Gasteiger charge is 2.40. The molecule has 1 saturated heterocycles. The largest absolute Gasteiger partial charge is 0.381 e. The maximum absolute atomic E-state index is 12.7. The first-order chi connectivity index (χ1) is 8.76. The van der Waals surface area contributed by atoms with E-state index in [1.165, 1.54) is 12.3 Å². The normalized spacial score (nSPS) is 23.4. The summed E-state index contributed by atoms with van der Waals surface area (Å²) in [6.07, 6.45) is 5.36. The van der Waals surface area contributed by atoms with Gasteiger partial charge in [0.25, 0.3) is 0 Å². The van der Waals surface area contributed by atoms with Crippen LogP contribution in [0.2, 0.25) is 0 Å². The van der Waals surface area contributed by atoms with E-state index >= 15 is 0 Å². The molecular weight excluding hydrogens is 235 g/mol. The fraction of sp³-hybridized carbons (Fsp3) is 0.615. The van der Waals surface area contributed by atoms with Crippen LogP contribution in [-0.4, -0.2) is 30.0 Å². The summed E-state index contributed by atoms with van der Waals surface area (Å²) in [5.41, 5.74) is 0.866. The minimum absolute atomic E-state index is 0.320. The molecule has 2 aliphatic rings. The van der Waals surface area contributed by atoms with Gasteiger partial charge >= 0.3 is 0 Å². The fourth-order valence-corrected chi connectivity index (χ4v) is 2.68. The van der Waals surface area contributed by atoms with Gasteiger partial charge in [-0.05, 0) is 25.0 Å². The molecule has 1 aliphatic heterocycles. The van der Waals surface area contributed by atoms with E-state index in [0.717, 1.165) is 31.4 Å². The fourth-order valence-electron chi connectivity index (χ4n) is 2.68. The predicted molar refractivity (Wildman–Crippen MR) is 64.7 cm³/mol. The van der Waals surface area contributed by atoms with Crippen molar-refractivity contribution in [2.75, 3.05) is 18.5 Å². The topological polar surface area (TPSA) is 43.4 Å². The number of aromatic nitrogens is 1. The third-order valence-corrected chi connectivity index (χ3v) is 3.66. The standard InChI is InChI=1S/C13H17FN2O2/c14-12-2-1-11(9-15-12)16-10-3-5-13(6-4-10)17-7-8-18-13/h1-2,9-10,16H,3-8H2. The van der Waals surface area contributed by atoms with Crippen molar-refractivity contribution >= 4 is 5.69 Å². The van der Waals surface area contributed by atoms with Gasteiger partial charge in [0.05, 0.1) is 25.1 Å². The van der Waals surface area contributed by atoms with Crippen molar-refractivity contribution in [2.24, 2.45) is 0 Å². The Hall–Kier alpha value is -1.20. The summed E-state index contributed by atoms with van der Waals surface area (Å²) in [6, 6.07) is 3.47. The van der Waals surface area contributed by atoms with Crippen molar-refractivity contribution < 1.29 is 13.9 Å². The first-order valence-corrected chi connectivity index (χ1v) is 6.42. The van der Waals surface area contributed by atoms with E-state index in [-0.39, 0.29) is 5.79 Å². The predicted octanol–water partition coefficient (Wildman–Crippen LogP) is 2.32. The highest BCUT2D eigenvalue weighted by atomic mass is 19.1. The van der Waals surface area contributed by atoms with E-state index in [4.69, 9.17) is 9.47 Å². The molecule has 1 aromatic rings. The molecule has 1 aliphatic carbocycles. The molecule has 98 valence electrons. The van der Waals surface area contributed by atoms with E-state index in [0.29, 0.717) is 19.3 Å². The van der Waals surface area contributed by atoms with Crippen molar-refractivity contribution in [2.45, 2.75) is 37.5 Å². The smallest absolute Gasteiger partial charge is 0.212 e. The first kappa shape index (κ1) is 11.9. The summed E-state index contributed by atoms with van der Waals surface area (Å²) in [4.78, 5) is 3.64. The Morgan fingerprint density at radius 2 is 1.94 bits per heavy atom. The lowest BCUT2D eigenvalue weighted by Gasteiger charge is -2.35. The minimum Gasteiger partial charge on any atom is -0.381 e. The zero-order valence-electron chi connectivity index (χ0n) is 10.2. The average molecular weight is 252 g/mol. The zero-order chi connectivity index (χ0) is 12.4. The van der Waals surface area contributed by atoms with Gasteiger partial charge in [0.1, 0.15) is 0 Å². The van der Waals surface area contributed by atoms with Gasteiger partial charge in [-0.3, -0.25) is 0 Å². The third kappa shape index (κ3) is 2.47. The Labute approximate surface area is 106 Å². The van der Waals surface area contributed by atoms with Gasteiger partial charge in [0, 0.05) is 18.9 Å². The van der Waals surface area contributed by atoms with Crippen LogP contribution in [0.5, 0.6) is 0 Å². The molecule has 1 saturated carbocycles. The first-order valence-electron chi connectivity index (χ1n) is 6.42. The van der Waals surface area contributed by atoms with Crippen LogP contribution in [0.15, 0.2) is 18.3 Å². The van der Waals surface area contributed by atoms with Crippen molar-refractivity contribution in [3.63, 3.8) is 0 Å². The van der Waals surface area contributed by atoms with E-state index in [9.17, 15) is 4.39 Å². The number of pyridine rings is 1. The summed E-state index contributed by atoms with van der Waals surface area (Å²) >= 11 is 0. The van der Waals surface area contributed by atoms with Crippen LogP contribution in [0.25, 0.3) is 0 Å². The van der Waals surface area contributed by atoms with Gasteiger partial charge in [-0.15, -0.1) is 0 Å². The van der Waals surface area contributed by atoms with Gasteiger partial charge in [0.15, 0.2) is 5.79 Å². The van der Waals surface area contributed by atoms with Crippen LogP contribution in [0.3, 0.4) is 0 Å². The van der Waals surface area contributed by atoms with E-state index in [2.05, 4.69) is 10.3 Å². The Bertz CT molecular complexity index is 394. The molecule has 1 N–H and O–H groups in total. The van der Waals surface area contributed by atoms with E-state index < -0.39 is 5.95 Å². The lowest BCUT2D eigenvalue weighted by molar-refractivity contribution is -0.177. The number of ether oxygens (including phenoxy) is 2. The molecule has 5 heteroatoms. The maximum Gasteiger partial charge on any atom is 0.212 e. The number of hydrogen-bond donors (Lipinski definition) is 1. The third-order valence-electron chi connectivity index (χ3n) is 3.66. The molecule has 0 atom stereocenters. The zero-order valence-corrected chi connectivity index (χ0v) is 10.2. The number of nitrogens with zero attached hydrogens (tertiary/aromatic N) is 1. The second-order valence-corrected chi connectivity index (χ2v) is 4.90. The van der Waals surface area contributed by atoms with Crippen LogP contribution in [0.4, 0.5) is 10.1 Å². The number of hydrogen-bond acceptors (Lipinski definition) is 4. The molecule has 2 fully saturated rings. The quantitative estimate of drug-likeness (QED) is 0.820. The number of anilines is 1. The van der Waals surface area contributed by atoms with Crippen molar-refractivity contribution in [3.05, 3.63) is 24.3 Å². The SMILES string of the molecule is Fc1ccc(NC2CCC3(CC2)OCCO3)cn1. The monoisotopic (exact) mass is 252 g/mol. The second-order valence-electron chi connectivity index (χ2n) is 4.90. The molecule has 0 bridgehead atoms. The van der Waals surface area contributed by atoms with E-state index in [1.807, 2.05) is 0 Å². The Morgan fingerprint density at radius 3 is 2.56 bits per heavy atom. The summed E-state index contributed by atoms with van der Waals surface area (Å²) in [5.74, 6) is -0.768. The molecule has 1 aromatic heterocycles. The summed E-state index contributed by atoms with van der Waals surface area (Å²) in [6.45, 7) is 1.42. The number of rotatable bonds is 2. The molecule has 0 aromatic carbocycles. The van der Waals surface area contributed by atoms with Gasteiger partial charge in [-0.1, -0.05) is 0 Å². The highest BCUT2D eigenvalue weighted by molar-refractivity contribution is 5.41. The lowest BCUT2D eigenvalue weighted by Crippen LogP contribution is -2.39. The maximum atomic E-state index is 12.7. The van der Waals surface area contributed by atoms with Crippen LogP contribution < -0.4 is 5.32 Å². The van der Waals surface area contributed by atoms with Crippen LogP contribution in [0.1, 0.15) is 25.7 Å². The second kappa shape index (κ2) is 4.82. The van der Waals surface area contributed by atoms with Crippen LogP contribution >= 0.6 is 0 Å². The Balaban J connectivity index is 1.55. The van der Waals surface area contributed by atoms with Gasteiger partial charge in [0.2, 0.25) is 5.95 Å². The molecule has 0 amide bonds. The molecule has 0 radical (unpaired) electrons. The summed E-state index contributed by atoms with van der Waals surface area (Å²) in [5, 5.41) is 3.37. The average Bonchev–Trinajstić information content (AvgIpc) is 2.84. The Kier molecular flexibility index (Phi) is 3.18. The molecule has 1 spiro atoms. The van der Waals surface area contributed by atoms with Crippen molar-refractivity contribution in [1.29, 1.82) is 0 Å². The molecule has 2 heterocycles. The van der Waals surface area contributed by atoms with Crippen molar-refractivity contribution in [1.82, 2.24) is 4.98 Å². The summed E-state index contributed by atoms with van der Waals surface area (Å²) < 4.78 is 24.1.